The molecule has 3 rings (SSSR count). The Bertz CT molecular complexity index is 663. The minimum absolute atomic E-state index is 0.00663. The van der Waals surface area contributed by atoms with Gasteiger partial charge in [0.25, 0.3) is 5.91 Å². The monoisotopic (exact) mass is 296 g/mol. The number of aromatic nitrogens is 1. The Morgan fingerprint density at radius 3 is 2.59 bits per heavy atom. The molecule has 0 aliphatic heterocycles. The predicted molar refractivity (Wildman–Crippen MR) is 85.6 cm³/mol. The van der Waals surface area contributed by atoms with E-state index in [0.29, 0.717) is 12.1 Å². The van der Waals surface area contributed by atoms with E-state index in [9.17, 15) is 4.79 Å². The average molecular weight is 296 g/mol. The molecule has 0 atom stereocenters. The van der Waals surface area contributed by atoms with Gasteiger partial charge >= 0.3 is 0 Å². The second kappa shape index (κ2) is 6.28. The lowest BCUT2D eigenvalue weighted by atomic mass is 10.0. The smallest absolute Gasteiger partial charge is 0.255 e. The third kappa shape index (κ3) is 3.17. The lowest BCUT2D eigenvalue weighted by Crippen LogP contribution is -2.35. The summed E-state index contributed by atoms with van der Waals surface area (Å²) in [7, 11) is 0. The Morgan fingerprint density at radius 1 is 1.23 bits per heavy atom. The maximum Gasteiger partial charge on any atom is 0.255 e. The van der Waals surface area contributed by atoms with Crippen molar-refractivity contribution in [1.82, 2.24) is 9.88 Å². The van der Waals surface area contributed by atoms with Crippen LogP contribution in [-0.2, 0) is 0 Å². The van der Waals surface area contributed by atoms with Crippen molar-refractivity contribution in [3.05, 3.63) is 53.9 Å². The summed E-state index contributed by atoms with van der Waals surface area (Å²) >= 11 is 0. The minimum Gasteiger partial charge on any atom is -0.395 e. The summed E-state index contributed by atoms with van der Waals surface area (Å²) in [6.07, 6.45) is 5.43. The molecule has 22 heavy (non-hydrogen) atoms. The van der Waals surface area contributed by atoms with Crippen LogP contribution < -0.4 is 0 Å². The van der Waals surface area contributed by atoms with Crippen molar-refractivity contribution in [2.45, 2.75) is 25.8 Å². The molecule has 1 N–H and O–H groups in total. The van der Waals surface area contributed by atoms with Crippen molar-refractivity contribution < 1.29 is 9.90 Å². The second-order valence-electron chi connectivity index (χ2n) is 5.78. The van der Waals surface area contributed by atoms with Gasteiger partial charge in [0.05, 0.1) is 12.2 Å². The molecule has 0 bridgehead atoms. The third-order valence-electron chi connectivity index (χ3n) is 3.96. The van der Waals surface area contributed by atoms with Crippen LogP contribution in [0.2, 0.25) is 0 Å². The van der Waals surface area contributed by atoms with Crippen LogP contribution in [0.25, 0.3) is 11.1 Å². The second-order valence-corrected chi connectivity index (χ2v) is 5.78. The molecule has 4 nitrogen and oxygen atoms in total. The van der Waals surface area contributed by atoms with Gasteiger partial charge in [0.15, 0.2) is 0 Å². The quantitative estimate of drug-likeness (QED) is 0.923. The molecule has 1 aliphatic carbocycles. The van der Waals surface area contributed by atoms with Gasteiger partial charge in [-0.3, -0.25) is 9.78 Å². The summed E-state index contributed by atoms with van der Waals surface area (Å²) in [4.78, 5) is 18.6. The summed E-state index contributed by atoms with van der Waals surface area (Å²) in [5.74, 6) is -0.0435. The first-order chi connectivity index (χ1) is 10.7. The number of nitrogens with zero attached hydrogens (tertiary/aromatic N) is 2. The molecule has 1 fully saturated rings. The van der Waals surface area contributed by atoms with Gasteiger partial charge in [-0.25, -0.2) is 0 Å². The Balaban J connectivity index is 1.86. The SMILES string of the molecule is Cc1ccc(-c2cncc(C(=O)N(CCO)C3CC3)c2)cc1. The van der Waals surface area contributed by atoms with Crippen molar-refractivity contribution in [2.24, 2.45) is 0 Å². The lowest BCUT2D eigenvalue weighted by Gasteiger charge is -2.21. The number of rotatable bonds is 5. The summed E-state index contributed by atoms with van der Waals surface area (Å²) in [5.41, 5.74) is 3.77. The predicted octanol–water partition coefficient (Wildman–Crippen LogP) is 2.65. The first kappa shape index (κ1) is 14.7. The Kier molecular flexibility index (Phi) is 4.20. The summed E-state index contributed by atoms with van der Waals surface area (Å²) in [6, 6.07) is 10.3. The molecule has 0 unspecified atom stereocenters. The summed E-state index contributed by atoms with van der Waals surface area (Å²) in [6.45, 7) is 2.43. The number of amides is 1. The number of aryl methyl sites for hydroxylation is 1. The maximum atomic E-state index is 12.6. The molecule has 1 aromatic heterocycles. The van der Waals surface area contributed by atoms with E-state index in [2.05, 4.69) is 4.98 Å². The molecule has 0 saturated heterocycles. The number of aliphatic hydroxyl groups excluding tert-OH is 1. The molecule has 114 valence electrons. The average Bonchev–Trinajstić information content (AvgIpc) is 3.37. The molecule has 2 aromatic rings. The van der Waals surface area contributed by atoms with Crippen LogP contribution in [-0.4, -0.2) is 40.1 Å². The number of carbonyl (C=O) groups excluding carboxylic acids is 1. The highest BCUT2D eigenvalue weighted by molar-refractivity contribution is 5.95. The molecular formula is C18H20N2O2. The molecule has 0 radical (unpaired) electrons. The van der Waals surface area contributed by atoms with Crippen molar-refractivity contribution in [3.8, 4) is 11.1 Å². The molecular weight excluding hydrogens is 276 g/mol. The molecule has 1 heterocycles. The van der Waals surface area contributed by atoms with Gasteiger partial charge in [-0.1, -0.05) is 29.8 Å². The molecule has 1 aliphatic rings. The van der Waals surface area contributed by atoms with E-state index in [4.69, 9.17) is 5.11 Å². The standard InChI is InChI=1S/C18H20N2O2/c1-13-2-4-14(5-3-13)15-10-16(12-19-11-15)18(22)20(8-9-21)17-6-7-17/h2-5,10-12,17,21H,6-9H2,1H3. The zero-order valence-corrected chi connectivity index (χ0v) is 12.7. The normalized spacial score (nSPS) is 13.9. The summed E-state index contributed by atoms with van der Waals surface area (Å²) in [5, 5.41) is 9.16. The lowest BCUT2D eigenvalue weighted by molar-refractivity contribution is 0.0707. The number of pyridine rings is 1. The molecule has 0 spiro atoms. The molecule has 4 heteroatoms. The maximum absolute atomic E-state index is 12.6. The number of hydrogen-bond donors (Lipinski definition) is 1. The summed E-state index contributed by atoms with van der Waals surface area (Å²) < 4.78 is 0. The van der Waals surface area contributed by atoms with Crippen LogP contribution in [0.1, 0.15) is 28.8 Å². The highest BCUT2D eigenvalue weighted by Gasteiger charge is 2.32. The fourth-order valence-corrected chi connectivity index (χ4v) is 2.57. The third-order valence-corrected chi connectivity index (χ3v) is 3.96. The number of aliphatic hydroxyl groups is 1. The molecule has 1 amide bonds. The Morgan fingerprint density at radius 2 is 1.95 bits per heavy atom. The van der Waals surface area contributed by atoms with Gasteiger partial charge in [-0.2, -0.15) is 0 Å². The fourth-order valence-electron chi connectivity index (χ4n) is 2.57. The van der Waals surface area contributed by atoms with Crippen LogP contribution in [0.3, 0.4) is 0 Å². The largest absolute Gasteiger partial charge is 0.395 e. The number of hydrogen-bond acceptors (Lipinski definition) is 3. The van der Waals surface area contributed by atoms with Gasteiger partial charge in [-0.15, -0.1) is 0 Å². The van der Waals surface area contributed by atoms with Crippen LogP contribution >= 0.6 is 0 Å². The van der Waals surface area contributed by atoms with Crippen LogP contribution in [0.5, 0.6) is 0 Å². The Hall–Kier alpha value is -2.20. The van der Waals surface area contributed by atoms with Gasteiger partial charge in [0, 0.05) is 30.5 Å². The van der Waals surface area contributed by atoms with E-state index >= 15 is 0 Å². The zero-order chi connectivity index (χ0) is 15.5. The van der Waals surface area contributed by atoms with E-state index in [1.54, 1.807) is 17.3 Å². The highest BCUT2D eigenvalue weighted by Crippen LogP contribution is 2.28. The van der Waals surface area contributed by atoms with Crippen molar-refractivity contribution in [3.63, 3.8) is 0 Å². The number of carbonyl (C=O) groups is 1. The molecule has 1 saturated carbocycles. The van der Waals surface area contributed by atoms with Crippen molar-refractivity contribution in [2.75, 3.05) is 13.2 Å². The van der Waals surface area contributed by atoms with Gasteiger partial charge < -0.3 is 10.0 Å². The van der Waals surface area contributed by atoms with Crippen LogP contribution in [0.4, 0.5) is 0 Å². The van der Waals surface area contributed by atoms with Crippen LogP contribution in [0.15, 0.2) is 42.7 Å². The zero-order valence-electron chi connectivity index (χ0n) is 12.7. The molecule has 1 aromatic carbocycles. The van der Waals surface area contributed by atoms with E-state index in [1.807, 2.05) is 37.3 Å². The number of benzene rings is 1. The first-order valence-electron chi connectivity index (χ1n) is 7.63. The topological polar surface area (TPSA) is 53.4 Å². The first-order valence-corrected chi connectivity index (χ1v) is 7.63. The van der Waals surface area contributed by atoms with E-state index in [-0.39, 0.29) is 18.6 Å². The fraction of sp³-hybridized carbons (Fsp3) is 0.333. The van der Waals surface area contributed by atoms with Gasteiger partial charge in [0.2, 0.25) is 0 Å². The van der Waals surface area contributed by atoms with Gasteiger partial charge in [0.1, 0.15) is 0 Å². The minimum atomic E-state index is -0.0435. The van der Waals surface area contributed by atoms with Crippen LogP contribution in [0, 0.1) is 6.92 Å². The van der Waals surface area contributed by atoms with Gasteiger partial charge in [-0.05, 0) is 31.4 Å². The van der Waals surface area contributed by atoms with Crippen molar-refractivity contribution in [1.29, 1.82) is 0 Å². The van der Waals surface area contributed by atoms with E-state index < -0.39 is 0 Å². The van der Waals surface area contributed by atoms with Crippen molar-refractivity contribution >= 4 is 5.91 Å². The Labute approximate surface area is 130 Å². The highest BCUT2D eigenvalue weighted by atomic mass is 16.3. The van der Waals surface area contributed by atoms with E-state index in [1.165, 1.54) is 5.56 Å². The van der Waals surface area contributed by atoms with E-state index in [0.717, 1.165) is 24.0 Å².